The summed E-state index contributed by atoms with van der Waals surface area (Å²) in [4.78, 5) is 28.9. The number of likely N-dealkylation sites (N-methyl/N-ethyl adjacent to an activating group) is 1. The molecule has 1 fully saturated rings. The van der Waals surface area contributed by atoms with Crippen molar-refractivity contribution in [3.05, 3.63) is 70.2 Å². The number of Topliss-reactive ketones (excluding diaryl/α,β-unsaturated/α-hetero) is 1. The van der Waals surface area contributed by atoms with E-state index in [0.29, 0.717) is 50.0 Å². The van der Waals surface area contributed by atoms with Crippen molar-refractivity contribution in [2.24, 2.45) is 0 Å². The zero-order chi connectivity index (χ0) is 19.9. The minimum Gasteiger partial charge on any atom is -0.378 e. The van der Waals surface area contributed by atoms with Crippen molar-refractivity contribution in [1.82, 2.24) is 9.80 Å². The first-order valence-electron chi connectivity index (χ1n) is 9.43. The lowest BCUT2D eigenvalue weighted by Crippen LogP contribution is -2.45. The Hall–Kier alpha value is -2.21. The van der Waals surface area contributed by atoms with Crippen molar-refractivity contribution in [3.63, 3.8) is 0 Å². The average Bonchev–Trinajstić information content (AvgIpc) is 2.72. The lowest BCUT2D eigenvalue weighted by molar-refractivity contribution is -0.136. The monoisotopic (exact) mass is 400 g/mol. The maximum atomic E-state index is 12.6. The molecule has 0 saturated carbocycles. The average molecular weight is 401 g/mol. The van der Waals surface area contributed by atoms with Gasteiger partial charge in [0.15, 0.2) is 5.78 Å². The molecule has 0 aliphatic carbocycles. The highest BCUT2D eigenvalue weighted by molar-refractivity contribution is 6.31. The Morgan fingerprint density at radius 2 is 1.79 bits per heavy atom. The SMILES string of the molecule is CN(CC(=O)N1CCOCC1)Cc1c(Cl)cccc1CC(=O)c1ccccc1. The predicted octanol–water partition coefficient (Wildman–Crippen LogP) is 3.06. The van der Waals surface area contributed by atoms with Crippen LogP contribution >= 0.6 is 11.6 Å². The summed E-state index contributed by atoms with van der Waals surface area (Å²) in [6, 6.07) is 14.9. The minimum absolute atomic E-state index is 0.0520. The predicted molar refractivity (Wildman–Crippen MR) is 110 cm³/mol. The molecule has 148 valence electrons. The van der Waals surface area contributed by atoms with E-state index in [0.717, 1.165) is 11.1 Å². The second-order valence-electron chi connectivity index (χ2n) is 7.01. The lowest BCUT2D eigenvalue weighted by atomic mass is 9.98. The number of morpholine rings is 1. The molecule has 1 aliphatic rings. The highest BCUT2D eigenvalue weighted by atomic mass is 35.5. The van der Waals surface area contributed by atoms with E-state index in [1.165, 1.54) is 0 Å². The highest BCUT2D eigenvalue weighted by Gasteiger charge is 2.20. The second-order valence-corrected chi connectivity index (χ2v) is 7.42. The normalized spacial score (nSPS) is 14.3. The molecule has 6 heteroatoms. The van der Waals surface area contributed by atoms with Crippen molar-refractivity contribution in [2.75, 3.05) is 39.9 Å². The van der Waals surface area contributed by atoms with Crippen LogP contribution in [0.2, 0.25) is 5.02 Å². The number of ether oxygens (including phenoxy) is 1. The molecule has 0 atom stereocenters. The van der Waals surface area contributed by atoms with Gasteiger partial charge in [0.1, 0.15) is 0 Å². The molecule has 0 N–H and O–H groups in total. The van der Waals surface area contributed by atoms with Gasteiger partial charge >= 0.3 is 0 Å². The zero-order valence-corrected chi connectivity index (χ0v) is 16.8. The van der Waals surface area contributed by atoms with Crippen LogP contribution in [-0.4, -0.2) is 61.4 Å². The Bertz CT molecular complexity index is 820. The number of hydrogen-bond acceptors (Lipinski definition) is 4. The number of amides is 1. The third kappa shape index (κ3) is 5.41. The van der Waals surface area contributed by atoms with Crippen LogP contribution < -0.4 is 0 Å². The highest BCUT2D eigenvalue weighted by Crippen LogP contribution is 2.23. The van der Waals surface area contributed by atoms with Gasteiger partial charge in [-0.15, -0.1) is 0 Å². The van der Waals surface area contributed by atoms with Crippen LogP contribution in [-0.2, 0) is 22.5 Å². The third-order valence-corrected chi connectivity index (χ3v) is 5.21. The van der Waals surface area contributed by atoms with Crippen LogP contribution in [0.1, 0.15) is 21.5 Å². The molecule has 0 unspecified atom stereocenters. The smallest absolute Gasteiger partial charge is 0.236 e. The van der Waals surface area contributed by atoms with E-state index in [-0.39, 0.29) is 18.1 Å². The maximum absolute atomic E-state index is 12.6. The summed E-state index contributed by atoms with van der Waals surface area (Å²) >= 11 is 6.44. The number of hydrogen-bond donors (Lipinski definition) is 0. The van der Waals surface area contributed by atoms with Crippen LogP contribution in [0.15, 0.2) is 48.5 Å². The van der Waals surface area contributed by atoms with Gasteiger partial charge in [-0.2, -0.15) is 0 Å². The van der Waals surface area contributed by atoms with Crippen LogP contribution in [0.4, 0.5) is 0 Å². The largest absolute Gasteiger partial charge is 0.378 e. The van der Waals surface area contributed by atoms with Crippen LogP contribution in [0, 0.1) is 0 Å². The molecule has 1 aliphatic heterocycles. The summed E-state index contributed by atoms with van der Waals surface area (Å²) in [5, 5.41) is 0.615. The second kappa shape index (κ2) is 9.82. The Labute approximate surface area is 170 Å². The van der Waals surface area contributed by atoms with Gasteiger partial charge in [-0.05, 0) is 24.2 Å². The lowest BCUT2D eigenvalue weighted by Gasteiger charge is -2.29. The van der Waals surface area contributed by atoms with Gasteiger partial charge in [0.05, 0.1) is 19.8 Å². The Morgan fingerprint density at radius 3 is 2.50 bits per heavy atom. The van der Waals surface area contributed by atoms with E-state index in [4.69, 9.17) is 16.3 Å². The van der Waals surface area contributed by atoms with Crippen LogP contribution in [0.25, 0.3) is 0 Å². The van der Waals surface area contributed by atoms with Crippen LogP contribution in [0.3, 0.4) is 0 Å². The van der Waals surface area contributed by atoms with Gasteiger partial charge in [0.25, 0.3) is 0 Å². The number of nitrogens with zero attached hydrogens (tertiary/aromatic N) is 2. The molecule has 1 amide bonds. The first kappa shape index (κ1) is 20.5. The molecule has 0 radical (unpaired) electrons. The van der Waals surface area contributed by atoms with E-state index < -0.39 is 0 Å². The molecular formula is C22H25ClN2O3. The van der Waals surface area contributed by atoms with E-state index in [1.54, 1.807) is 0 Å². The van der Waals surface area contributed by atoms with Gasteiger partial charge in [-0.3, -0.25) is 14.5 Å². The molecule has 2 aromatic rings. The molecule has 2 aromatic carbocycles. The molecule has 0 bridgehead atoms. The first-order chi connectivity index (χ1) is 13.5. The minimum atomic E-state index is 0.0520. The quantitative estimate of drug-likeness (QED) is 0.670. The molecule has 0 spiro atoms. The molecule has 0 aromatic heterocycles. The fraction of sp³-hybridized carbons (Fsp3) is 0.364. The van der Waals surface area contributed by atoms with Crippen molar-refractivity contribution in [1.29, 1.82) is 0 Å². The maximum Gasteiger partial charge on any atom is 0.236 e. The Morgan fingerprint density at radius 1 is 1.07 bits per heavy atom. The van der Waals surface area contributed by atoms with Gasteiger partial charge in [-0.1, -0.05) is 54.1 Å². The summed E-state index contributed by atoms with van der Waals surface area (Å²) in [7, 11) is 1.89. The summed E-state index contributed by atoms with van der Waals surface area (Å²) in [6.45, 7) is 3.26. The number of carbonyl (C=O) groups is 2. The summed E-state index contributed by atoms with van der Waals surface area (Å²) in [5.41, 5.74) is 2.47. The van der Waals surface area contributed by atoms with E-state index in [9.17, 15) is 9.59 Å². The van der Waals surface area contributed by atoms with E-state index >= 15 is 0 Å². The number of halogens is 1. The van der Waals surface area contributed by atoms with Gasteiger partial charge in [0.2, 0.25) is 5.91 Å². The van der Waals surface area contributed by atoms with Gasteiger partial charge in [0, 0.05) is 36.6 Å². The fourth-order valence-corrected chi connectivity index (χ4v) is 3.57. The molecular weight excluding hydrogens is 376 g/mol. The zero-order valence-electron chi connectivity index (χ0n) is 16.1. The standard InChI is InChI=1S/C22H25ClN2O3/c1-24(16-22(27)25-10-12-28-13-11-25)15-19-18(8-5-9-20(19)23)14-21(26)17-6-3-2-4-7-17/h2-9H,10-16H2,1H3. The van der Waals surface area contributed by atoms with E-state index in [2.05, 4.69) is 0 Å². The Balaban J connectivity index is 1.67. The number of benzene rings is 2. The fourth-order valence-electron chi connectivity index (χ4n) is 3.31. The third-order valence-electron chi connectivity index (χ3n) is 4.86. The molecule has 3 rings (SSSR count). The summed E-state index contributed by atoms with van der Waals surface area (Å²) in [5.74, 6) is 0.135. The summed E-state index contributed by atoms with van der Waals surface area (Å²) in [6.07, 6.45) is 0.283. The van der Waals surface area contributed by atoms with Gasteiger partial charge < -0.3 is 9.64 Å². The summed E-state index contributed by atoms with van der Waals surface area (Å²) < 4.78 is 5.30. The first-order valence-corrected chi connectivity index (χ1v) is 9.81. The van der Waals surface area contributed by atoms with E-state index in [1.807, 2.05) is 65.4 Å². The van der Waals surface area contributed by atoms with Crippen LogP contribution in [0.5, 0.6) is 0 Å². The number of rotatable bonds is 7. The molecule has 28 heavy (non-hydrogen) atoms. The molecule has 5 nitrogen and oxygen atoms in total. The molecule has 1 saturated heterocycles. The molecule has 1 heterocycles. The van der Waals surface area contributed by atoms with Crippen molar-refractivity contribution >= 4 is 23.3 Å². The van der Waals surface area contributed by atoms with Gasteiger partial charge in [-0.25, -0.2) is 0 Å². The topological polar surface area (TPSA) is 49.9 Å². The number of ketones is 1. The Kier molecular flexibility index (Phi) is 7.20. The van der Waals surface area contributed by atoms with Crippen molar-refractivity contribution < 1.29 is 14.3 Å². The number of carbonyl (C=O) groups excluding carboxylic acids is 2. The van der Waals surface area contributed by atoms with Crippen molar-refractivity contribution in [2.45, 2.75) is 13.0 Å². The van der Waals surface area contributed by atoms with Crippen molar-refractivity contribution in [3.8, 4) is 0 Å².